The molecular weight excluding hydrogens is 240 g/mol. The van der Waals surface area contributed by atoms with Crippen molar-refractivity contribution in [1.82, 2.24) is 0 Å². The van der Waals surface area contributed by atoms with E-state index in [1.165, 1.54) is 31.4 Å². The second-order valence-corrected chi connectivity index (χ2v) is 2.98. The molecule has 0 aromatic heterocycles. The van der Waals surface area contributed by atoms with Crippen molar-refractivity contribution in [3.05, 3.63) is 35.4 Å². The van der Waals surface area contributed by atoms with Gasteiger partial charge in [-0.15, -0.1) is 12.4 Å². The van der Waals surface area contributed by atoms with Gasteiger partial charge in [-0.3, -0.25) is 0 Å². The number of halogens is 3. The van der Waals surface area contributed by atoms with Gasteiger partial charge in [0, 0.05) is 0 Å². The fraction of sp³-hybridized carbons (Fsp3) is 0.300. The van der Waals surface area contributed by atoms with Crippen LogP contribution in [0.3, 0.4) is 0 Å². The van der Waals surface area contributed by atoms with E-state index in [0.29, 0.717) is 0 Å². The Morgan fingerprint density at radius 2 is 2.06 bits per heavy atom. The molecule has 0 unspecified atom stereocenters. The molecule has 1 rings (SSSR count). The summed E-state index contributed by atoms with van der Waals surface area (Å²) in [7, 11) is 1.22. The number of esters is 1. The molecule has 0 fully saturated rings. The van der Waals surface area contributed by atoms with E-state index in [0.717, 1.165) is 0 Å². The Morgan fingerprint density at radius 3 is 2.56 bits per heavy atom. The van der Waals surface area contributed by atoms with Crippen LogP contribution in [0, 0.1) is 0 Å². The molecule has 2 N–H and O–H groups in total. The molecule has 90 valence electrons. The lowest BCUT2D eigenvalue weighted by Gasteiger charge is -2.11. The van der Waals surface area contributed by atoms with Crippen molar-refractivity contribution in [3.63, 3.8) is 0 Å². The van der Waals surface area contributed by atoms with Gasteiger partial charge in [-0.2, -0.15) is 0 Å². The van der Waals surface area contributed by atoms with Gasteiger partial charge in [-0.05, 0) is 17.7 Å². The molecule has 16 heavy (non-hydrogen) atoms. The predicted molar refractivity (Wildman–Crippen MR) is 58.0 cm³/mol. The van der Waals surface area contributed by atoms with Crippen molar-refractivity contribution in [1.29, 1.82) is 0 Å². The fourth-order valence-corrected chi connectivity index (χ4v) is 1.14. The van der Waals surface area contributed by atoms with Gasteiger partial charge < -0.3 is 10.5 Å². The summed E-state index contributed by atoms with van der Waals surface area (Å²) in [5.41, 5.74) is 5.68. The molecule has 0 heterocycles. The highest BCUT2D eigenvalue weighted by molar-refractivity contribution is 5.89. The van der Waals surface area contributed by atoms with Gasteiger partial charge in [-0.1, -0.05) is 12.1 Å². The SMILES string of the molecule is COC(=O)c1cccc([C@H](N)C(F)F)c1.Cl. The Kier molecular flexibility index (Phi) is 5.92. The minimum absolute atomic E-state index is 0. The number of methoxy groups -OCH3 is 1. The fourth-order valence-electron chi connectivity index (χ4n) is 1.14. The van der Waals surface area contributed by atoms with E-state index in [-0.39, 0.29) is 23.5 Å². The first kappa shape index (κ1) is 14.8. The second-order valence-electron chi connectivity index (χ2n) is 2.98. The number of alkyl halides is 2. The number of hydrogen-bond acceptors (Lipinski definition) is 3. The van der Waals surface area contributed by atoms with Crippen LogP contribution >= 0.6 is 12.4 Å². The van der Waals surface area contributed by atoms with E-state index >= 15 is 0 Å². The van der Waals surface area contributed by atoms with Crippen molar-refractivity contribution >= 4 is 18.4 Å². The molecule has 0 spiro atoms. The molecule has 1 aromatic carbocycles. The standard InChI is InChI=1S/C10H11F2NO2.ClH/c1-15-10(14)7-4-2-3-6(5-7)8(13)9(11)12;/h2-5,8-9H,13H2,1H3;1H/t8-;/m0./s1. The normalized spacial score (nSPS) is 11.8. The number of carbonyl (C=O) groups is 1. The van der Waals surface area contributed by atoms with E-state index in [9.17, 15) is 13.6 Å². The first-order chi connectivity index (χ1) is 7.06. The molecule has 0 aliphatic heterocycles. The zero-order chi connectivity index (χ0) is 11.4. The predicted octanol–water partition coefficient (Wildman–Crippen LogP) is 2.16. The van der Waals surface area contributed by atoms with Crippen molar-refractivity contribution in [2.45, 2.75) is 12.5 Å². The highest BCUT2D eigenvalue weighted by atomic mass is 35.5. The molecule has 0 aliphatic carbocycles. The molecule has 0 aliphatic rings. The largest absolute Gasteiger partial charge is 0.465 e. The summed E-state index contributed by atoms with van der Waals surface area (Å²) >= 11 is 0. The van der Waals surface area contributed by atoms with Gasteiger partial charge in [-0.25, -0.2) is 13.6 Å². The van der Waals surface area contributed by atoms with Crippen LogP contribution in [0.5, 0.6) is 0 Å². The van der Waals surface area contributed by atoms with Gasteiger partial charge in [0.05, 0.1) is 18.7 Å². The number of carbonyl (C=O) groups excluding carboxylic acids is 1. The van der Waals surface area contributed by atoms with Crippen molar-refractivity contribution in [2.24, 2.45) is 5.73 Å². The zero-order valence-corrected chi connectivity index (χ0v) is 9.34. The highest BCUT2D eigenvalue weighted by Gasteiger charge is 2.18. The number of hydrogen-bond donors (Lipinski definition) is 1. The Bertz CT molecular complexity index is 360. The third kappa shape index (κ3) is 3.43. The van der Waals surface area contributed by atoms with Crippen LogP contribution in [0.1, 0.15) is 22.0 Å². The van der Waals surface area contributed by atoms with Crippen molar-refractivity contribution < 1.29 is 18.3 Å². The topological polar surface area (TPSA) is 52.3 Å². The van der Waals surface area contributed by atoms with E-state index in [1.807, 2.05) is 0 Å². The van der Waals surface area contributed by atoms with Gasteiger partial charge >= 0.3 is 5.97 Å². The molecule has 0 amide bonds. The summed E-state index contributed by atoms with van der Waals surface area (Å²) in [6.07, 6.45) is -2.65. The van der Waals surface area contributed by atoms with Crippen LogP contribution in [-0.2, 0) is 4.74 Å². The summed E-state index contributed by atoms with van der Waals surface area (Å²) in [4.78, 5) is 11.1. The molecule has 3 nitrogen and oxygen atoms in total. The summed E-state index contributed by atoms with van der Waals surface area (Å²) in [6.45, 7) is 0. The highest BCUT2D eigenvalue weighted by Crippen LogP contribution is 2.19. The molecule has 0 saturated carbocycles. The van der Waals surface area contributed by atoms with E-state index in [4.69, 9.17) is 5.73 Å². The van der Waals surface area contributed by atoms with Crippen LogP contribution in [0.15, 0.2) is 24.3 Å². The minimum atomic E-state index is -2.65. The van der Waals surface area contributed by atoms with Gasteiger partial charge in [0.15, 0.2) is 0 Å². The van der Waals surface area contributed by atoms with Crippen LogP contribution in [0.2, 0.25) is 0 Å². The second kappa shape index (κ2) is 6.40. The van der Waals surface area contributed by atoms with Crippen LogP contribution in [-0.4, -0.2) is 19.5 Å². The Hall–Kier alpha value is -1.20. The first-order valence-corrected chi connectivity index (χ1v) is 4.28. The van der Waals surface area contributed by atoms with Gasteiger partial charge in [0.2, 0.25) is 0 Å². The van der Waals surface area contributed by atoms with Crippen molar-refractivity contribution in [3.8, 4) is 0 Å². The van der Waals surface area contributed by atoms with Crippen molar-refractivity contribution in [2.75, 3.05) is 7.11 Å². The molecule has 0 radical (unpaired) electrons. The summed E-state index contributed by atoms with van der Waals surface area (Å²) in [6, 6.07) is 4.35. The average molecular weight is 252 g/mol. The number of rotatable bonds is 3. The monoisotopic (exact) mass is 251 g/mol. The summed E-state index contributed by atoms with van der Waals surface area (Å²) < 4.78 is 29.0. The van der Waals surface area contributed by atoms with Crippen LogP contribution < -0.4 is 5.73 Å². The molecule has 1 aromatic rings. The maximum absolute atomic E-state index is 12.3. The van der Waals surface area contributed by atoms with Crippen LogP contribution in [0.25, 0.3) is 0 Å². The average Bonchev–Trinajstić information content (AvgIpc) is 2.27. The number of ether oxygens (including phenoxy) is 1. The first-order valence-electron chi connectivity index (χ1n) is 4.28. The lowest BCUT2D eigenvalue weighted by molar-refractivity contribution is 0.0600. The van der Waals surface area contributed by atoms with Crippen LogP contribution in [0.4, 0.5) is 8.78 Å². The summed E-state index contributed by atoms with van der Waals surface area (Å²) in [5, 5.41) is 0. The smallest absolute Gasteiger partial charge is 0.337 e. The maximum Gasteiger partial charge on any atom is 0.337 e. The molecule has 1 atom stereocenters. The minimum Gasteiger partial charge on any atom is -0.465 e. The molecule has 6 heteroatoms. The molecular formula is C10H12ClF2NO2. The number of nitrogens with two attached hydrogens (primary N) is 1. The van der Waals surface area contributed by atoms with E-state index in [2.05, 4.69) is 4.74 Å². The lowest BCUT2D eigenvalue weighted by atomic mass is 10.1. The molecule has 0 saturated heterocycles. The number of benzene rings is 1. The Labute approximate surface area is 98.0 Å². The van der Waals surface area contributed by atoms with Gasteiger partial charge in [0.1, 0.15) is 0 Å². The Balaban J connectivity index is 0.00000225. The lowest BCUT2D eigenvalue weighted by Crippen LogP contribution is -2.19. The molecule has 0 bridgehead atoms. The summed E-state index contributed by atoms with van der Waals surface area (Å²) in [5.74, 6) is -0.571. The van der Waals surface area contributed by atoms with E-state index < -0.39 is 18.4 Å². The maximum atomic E-state index is 12.3. The van der Waals surface area contributed by atoms with Gasteiger partial charge in [0.25, 0.3) is 6.43 Å². The quantitative estimate of drug-likeness (QED) is 0.838. The zero-order valence-electron chi connectivity index (χ0n) is 8.52. The third-order valence-corrected chi connectivity index (χ3v) is 1.96. The third-order valence-electron chi connectivity index (χ3n) is 1.96. The van der Waals surface area contributed by atoms with E-state index in [1.54, 1.807) is 0 Å². The Morgan fingerprint density at radius 1 is 1.44 bits per heavy atom.